The van der Waals surface area contributed by atoms with Crippen LogP contribution in [-0.2, 0) is 6.42 Å². The number of nitrogens with zero attached hydrogens (tertiary/aromatic N) is 1. The van der Waals surface area contributed by atoms with Crippen molar-refractivity contribution in [2.24, 2.45) is 0 Å². The van der Waals surface area contributed by atoms with Crippen LogP contribution in [0, 0.1) is 0 Å². The normalized spacial score (nSPS) is 29.1. The largest absolute Gasteiger partial charge is 0.293 e. The van der Waals surface area contributed by atoms with Gasteiger partial charge < -0.3 is 0 Å². The molecule has 2 heteroatoms. The summed E-state index contributed by atoms with van der Waals surface area (Å²) in [4.78, 5) is 2.68. The van der Waals surface area contributed by atoms with Crippen LogP contribution in [0.3, 0.4) is 0 Å². The Morgan fingerprint density at radius 1 is 1.27 bits per heavy atom. The maximum absolute atomic E-state index is 2.68. The Kier molecular flexibility index (Phi) is 3.36. The van der Waals surface area contributed by atoms with Crippen LogP contribution in [0.4, 0.5) is 0 Å². The number of rotatable bonds is 0. The summed E-state index contributed by atoms with van der Waals surface area (Å²) in [6, 6.07) is 10.5. The fraction of sp³-hybridized carbons (Fsp3) is 0.538. The highest BCUT2D eigenvalue weighted by molar-refractivity contribution is 14.0. The average molecular weight is 315 g/mol. The standard InChI is InChI=1S/C13H17N.HI/c1-10-9-11-5-2-3-6-12(11)13-7-4-8-14(10)13;/h2-3,5-6,10,13H,4,7-9H2,1H3;1H. The molecule has 0 aliphatic carbocycles. The molecule has 0 radical (unpaired) electrons. The molecule has 0 bridgehead atoms. The van der Waals surface area contributed by atoms with Crippen molar-refractivity contribution in [1.29, 1.82) is 0 Å². The van der Waals surface area contributed by atoms with Crippen LogP contribution >= 0.6 is 24.0 Å². The molecule has 0 spiro atoms. The van der Waals surface area contributed by atoms with Crippen molar-refractivity contribution in [3.05, 3.63) is 35.4 Å². The molecule has 2 atom stereocenters. The lowest BCUT2D eigenvalue weighted by Crippen LogP contribution is -2.38. The third-order valence-electron chi connectivity index (χ3n) is 3.79. The van der Waals surface area contributed by atoms with Gasteiger partial charge in [0.1, 0.15) is 0 Å². The van der Waals surface area contributed by atoms with Gasteiger partial charge in [0.15, 0.2) is 0 Å². The zero-order chi connectivity index (χ0) is 9.54. The SMILES string of the molecule is CC1Cc2ccccc2C2CCCN12.I. The highest BCUT2D eigenvalue weighted by Crippen LogP contribution is 2.39. The third kappa shape index (κ3) is 1.82. The number of benzene rings is 1. The minimum absolute atomic E-state index is 0. The fourth-order valence-corrected chi connectivity index (χ4v) is 3.13. The van der Waals surface area contributed by atoms with Crippen LogP contribution in [0.1, 0.15) is 36.9 Å². The molecule has 2 aliphatic heterocycles. The molecule has 0 N–H and O–H groups in total. The first kappa shape index (κ1) is 11.4. The van der Waals surface area contributed by atoms with Crippen molar-refractivity contribution in [3.8, 4) is 0 Å². The van der Waals surface area contributed by atoms with E-state index in [4.69, 9.17) is 0 Å². The van der Waals surface area contributed by atoms with E-state index in [1.54, 1.807) is 11.1 Å². The quantitative estimate of drug-likeness (QED) is 0.664. The Balaban J connectivity index is 0.000000853. The predicted molar refractivity (Wildman–Crippen MR) is 73.7 cm³/mol. The second kappa shape index (κ2) is 4.42. The van der Waals surface area contributed by atoms with E-state index in [0.717, 1.165) is 12.1 Å². The lowest BCUT2D eigenvalue weighted by molar-refractivity contribution is 0.175. The van der Waals surface area contributed by atoms with Gasteiger partial charge >= 0.3 is 0 Å². The Bertz CT molecular complexity index is 350. The second-order valence-electron chi connectivity index (χ2n) is 4.65. The first-order chi connectivity index (χ1) is 6.86. The van der Waals surface area contributed by atoms with E-state index in [-0.39, 0.29) is 24.0 Å². The smallest absolute Gasteiger partial charge is 0.0354 e. The van der Waals surface area contributed by atoms with Crippen LogP contribution in [-0.4, -0.2) is 17.5 Å². The summed E-state index contributed by atoms with van der Waals surface area (Å²) in [7, 11) is 0. The second-order valence-corrected chi connectivity index (χ2v) is 4.65. The molecule has 1 aromatic rings. The molecule has 0 saturated carbocycles. The third-order valence-corrected chi connectivity index (χ3v) is 3.79. The number of hydrogen-bond donors (Lipinski definition) is 0. The molecule has 0 amide bonds. The molecule has 1 fully saturated rings. The van der Waals surface area contributed by atoms with Gasteiger partial charge in [0.25, 0.3) is 0 Å². The molecule has 1 nitrogen and oxygen atoms in total. The van der Waals surface area contributed by atoms with E-state index >= 15 is 0 Å². The minimum Gasteiger partial charge on any atom is -0.293 e. The van der Waals surface area contributed by atoms with Gasteiger partial charge in [0.2, 0.25) is 0 Å². The topological polar surface area (TPSA) is 3.24 Å². The van der Waals surface area contributed by atoms with Crippen molar-refractivity contribution < 1.29 is 0 Å². The van der Waals surface area contributed by atoms with Crippen LogP contribution in [0.25, 0.3) is 0 Å². The fourth-order valence-electron chi connectivity index (χ4n) is 3.13. The predicted octanol–water partition coefficient (Wildman–Crippen LogP) is 3.39. The number of halogens is 1. The van der Waals surface area contributed by atoms with E-state index in [0.29, 0.717) is 0 Å². The van der Waals surface area contributed by atoms with Gasteiger partial charge in [0.05, 0.1) is 0 Å². The van der Waals surface area contributed by atoms with E-state index in [9.17, 15) is 0 Å². The summed E-state index contributed by atoms with van der Waals surface area (Å²) >= 11 is 0. The molecule has 0 aromatic heterocycles. The minimum atomic E-state index is 0. The number of hydrogen-bond acceptors (Lipinski definition) is 1. The molecule has 2 heterocycles. The molecule has 3 rings (SSSR count). The van der Waals surface area contributed by atoms with Crippen molar-refractivity contribution in [2.75, 3.05) is 6.54 Å². The summed E-state index contributed by atoms with van der Waals surface area (Å²) in [6.45, 7) is 3.68. The molecule has 15 heavy (non-hydrogen) atoms. The van der Waals surface area contributed by atoms with Gasteiger partial charge in [-0.2, -0.15) is 0 Å². The summed E-state index contributed by atoms with van der Waals surface area (Å²) < 4.78 is 0. The van der Waals surface area contributed by atoms with E-state index in [1.807, 2.05) is 0 Å². The van der Waals surface area contributed by atoms with Gasteiger partial charge in [-0.3, -0.25) is 4.90 Å². The van der Waals surface area contributed by atoms with Crippen LogP contribution in [0.2, 0.25) is 0 Å². The molecular formula is C13H18IN. The van der Waals surface area contributed by atoms with Crippen molar-refractivity contribution >= 4 is 24.0 Å². The van der Waals surface area contributed by atoms with E-state index < -0.39 is 0 Å². The van der Waals surface area contributed by atoms with Gasteiger partial charge in [0, 0.05) is 12.1 Å². The Hall–Kier alpha value is -0.0900. The molecule has 82 valence electrons. The summed E-state index contributed by atoms with van der Waals surface area (Å²) in [5.74, 6) is 0. The van der Waals surface area contributed by atoms with Gasteiger partial charge in [-0.1, -0.05) is 24.3 Å². The van der Waals surface area contributed by atoms with Crippen LogP contribution < -0.4 is 0 Å². The lowest BCUT2D eigenvalue weighted by atomic mass is 9.89. The lowest BCUT2D eigenvalue weighted by Gasteiger charge is -2.37. The maximum Gasteiger partial charge on any atom is 0.0354 e. The van der Waals surface area contributed by atoms with E-state index in [2.05, 4.69) is 36.1 Å². The van der Waals surface area contributed by atoms with Crippen LogP contribution in [0.5, 0.6) is 0 Å². The van der Waals surface area contributed by atoms with Crippen LogP contribution in [0.15, 0.2) is 24.3 Å². The maximum atomic E-state index is 2.68. The highest BCUT2D eigenvalue weighted by atomic mass is 127. The highest BCUT2D eigenvalue weighted by Gasteiger charge is 2.34. The van der Waals surface area contributed by atoms with Gasteiger partial charge in [-0.25, -0.2) is 0 Å². The summed E-state index contributed by atoms with van der Waals surface area (Å²) in [5, 5.41) is 0. The monoisotopic (exact) mass is 315 g/mol. The molecule has 1 aromatic carbocycles. The zero-order valence-electron chi connectivity index (χ0n) is 9.15. The van der Waals surface area contributed by atoms with Crippen molar-refractivity contribution in [1.82, 2.24) is 4.90 Å². The first-order valence-electron chi connectivity index (χ1n) is 5.70. The van der Waals surface area contributed by atoms with Gasteiger partial charge in [-0.15, -0.1) is 24.0 Å². The Labute approximate surface area is 109 Å². The molecular weight excluding hydrogens is 297 g/mol. The summed E-state index contributed by atoms with van der Waals surface area (Å²) in [5.41, 5.74) is 3.19. The van der Waals surface area contributed by atoms with E-state index in [1.165, 1.54) is 25.8 Å². The average Bonchev–Trinajstić information content (AvgIpc) is 2.67. The molecule has 1 saturated heterocycles. The Morgan fingerprint density at radius 2 is 2.07 bits per heavy atom. The molecule has 2 unspecified atom stereocenters. The van der Waals surface area contributed by atoms with Crippen molar-refractivity contribution in [2.45, 2.75) is 38.3 Å². The van der Waals surface area contributed by atoms with Gasteiger partial charge in [-0.05, 0) is 43.9 Å². The first-order valence-corrected chi connectivity index (χ1v) is 5.70. The zero-order valence-corrected chi connectivity index (χ0v) is 11.5. The molecule has 2 aliphatic rings. The van der Waals surface area contributed by atoms with Crippen molar-refractivity contribution in [3.63, 3.8) is 0 Å². The summed E-state index contributed by atoms with van der Waals surface area (Å²) in [6.07, 6.45) is 3.98. The Morgan fingerprint density at radius 3 is 2.93 bits per heavy atom. The number of fused-ring (bicyclic) bond motifs is 3.